The lowest BCUT2D eigenvalue weighted by molar-refractivity contribution is 0.149. The molecule has 4 atom stereocenters. The van der Waals surface area contributed by atoms with Crippen LogP contribution in [0.15, 0.2) is 0 Å². The highest BCUT2D eigenvalue weighted by Gasteiger charge is 2.65. The first-order chi connectivity index (χ1) is 6.81. The average molecular weight is 195 g/mol. The summed E-state index contributed by atoms with van der Waals surface area (Å²) in [6.07, 6.45) is 4.00. The smallest absolute Gasteiger partial charge is 0.407 e. The Morgan fingerprint density at radius 2 is 2.00 bits per heavy atom. The van der Waals surface area contributed by atoms with Gasteiger partial charge in [-0.1, -0.05) is 0 Å². The highest BCUT2D eigenvalue weighted by molar-refractivity contribution is 5.68. The summed E-state index contributed by atoms with van der Waals surface area (Å²) in [5.74, 6) is 3.44. The Bertz CT molecular complexity index is 250. The molecule has 1 amide bonds. The number of nitrogens with one attached hydrogen (secondary N) is 1. The fraction of sp³-hybridized carbons (Fsp3) is 0.909. The van der Waals surface area contributed by atoms with Crippen molar-refractivity contribution >= 4 is 6.09 Å². The lowest BCUT2D eigenvalue weighted by atomic mass is 10.0. The van der Waals surface area contributed by atoms with Crippen LogP contribution in [0.2, 0.25) is 0 Å². The van der Waals surface area contributed by atoms with Crippen LogP contribution < -0.4 is 5.32 Å². The van der Waals surface area contributed by atoms with Crippen molar-refractivity contribution in [1.29, 1.82) is 0 Å². The van der Waals surface area contributed by atoms with Gasteiger partial charge in [0.15, 0.2) is 0 Å². The van der Waals surface area contributed by atoms with Gasteiger partial charge in [0, 0.05) is 6.04 Å². The van der Waals surface area contributed by atoms with Crippen molar-refractivity contribution in [2.24, 2.45) is 23.7 Å². The summed E-state index contributed by atoms with van der Waals surface area (Å²) in [5.41, 5.74) is 0. The predicted molar refractivity (Wildman–Crippen MR) is 51.8 cm³/mol. The van der Waals surface area contributed by atoms with E-state index in [1.807, 2.05) is 6.92 Å². The molecule has 0 aromatic heterocycles. The zero-order valence-corrected chi connectivity index (χ0v) is 8.53. The molecule has 3 aliphatic rings. The van der Waals surface area contributed by atoms with E-state index in [2.05, 4.69) is 5.32 Å². The Morgan fingerprint density at radius 3 is 2.57 bits per heavy atom. The highest BCUT2D eigenvalue weighted by atomic mass is 16.5. The molecule has 2 bridgehead atoms. The minimum atomic E-state index is -0.216. The van der Waals surface area contributed by atoms with Gasteiger partial charge in [-0.25, -0.2) is 4.79 Å². The minimum absolute atomic E-state index is 0.216. The van der Waals surface area contributed by atoms with Gasteiger partial charge in [0.05, 0.1) is 6.61 Å². The van der Waals surface area contributed by atoms with Gasteiger partial charge in [0.25, 0.3) is 0 Å². The van der Waals surface area contributed by atoms with Gasteiger partial charge < -0.3 is 10.1 Å². The van der Waals surface area contributed by atoms with E-state index in [0.29, 0.717) is 12.6 Å². The SMILES string of the molecule is CCOC(=O)NC1C2C3CCC(C3)C12. The van der Waals surface area contributed by atoms with Crippen molar-refractivity contribution < 1.29 is 9.53 Å². The Labute approximate surface area is 84.2 Å². The van der Waals surface area contributed by atoms with Gasteiger partial charge in [0.2, 0.25) is 0 Å². The summed E-state index contributed by atoms with van der Waals surface area (Å²) in [7, 11) is 0. The van der Waals surface area contributed by atoms with Crippen molar-refractivity contribution in [3.8, 4) is 0 Å². The van der Waals surface area contributed by atoms with Crippen molar-refractivity contribution in [1.82, 2.24) is 5.32 Å². The Hall–Kier alpha value is -0.730. The normalized spacial score (nSPS) is 47.4. The van der Waals surface area contributed by atoms with Gasteiger partial charge in [0.1, 0.15) is 0 Å². The number of ether oxygens (including phenoxy) is 1. The van der Waals surface area contributed by atoms with Crippen LogP contribution in [0.5, 0.6) is 0 Å². The third kappa shape index (κ3) is 1.07. The Balaban J connectivity index is 1.56. The van der Waals surface area contributed by atoms with Gasteiger partial charge >= 0.3 is 6.09 Å². The number of amides is 1. The number of carbonyl (C=O) groups is 1. The second kappa shape index (κ2) is 2.88. The molecule has 78 valence electrons. The van der Waals surface area contributed by atoms with E-state index in [9.17, 15) is 4.79 Å². The van der Waals surface area contributed by atoms with Crippen LogP contribution in [-0.4, -0.2) is 18.7 Å². The van der Waals surface area contributed by atoms with Crippen molar-refractivity contribution in [2.75, 3.05) is 6.61 Å². The molecule has 3 heteroatoms. The third-order valence-corrected chi connectivity index (χ3v) is 4.30. The van der Waals surface area contributed by atoms with Crippen molar-refractivity contribution in [3.63, 3.8) is 0 Å². The average Bonchev–Trinajstić information content (AvgIpc) is 2.60. The first-order valence-corrected chi connectivity index (χ1v) is 5.74. The molecule has 3 saturated carbocycles. The van der Waals surface area contributed by atoms with E-state index in [-0.39, 0.29) is 6.09 Å². The molecule has 0 aromatic carbocycles. The van der Waals surface area contributed by atoms with Crippen LogP contribution in [0.25, 0.3) is 0 Å². The van der Waals surface area contributed by atoms with Gasteiger partial charge in [-0.05, 0) is 49.9 Å². The Morgan fingerprint density at radius 1 is 1.36 bits per heavy atom. The second-order valence-corrected chi connectivity index (χ2v) is 4.88. The van der Waals surface area contributed by atoms with Gasteiger partial charge in [-0.15, -0.1) is 0 Å². The zero-order chi connectivity index (χ0) is 9.71. The summed E-state index contributed by atoms with van der Waals surface area (Å²) in [5, 5.41) is 3.00. The van der Waals surface area contributed by atoms with Crippen LogP contribution in [0.4, 0.5) is 4.79 Å². The highest BCUT2D eigenvalue weighted by Crippen LogP contribution is 2.65. The summed E-state index contributed by atoms with van der Waals surface area (Å²) in [6, 6.07) is 0.459. The topological polar surface area (TPSA) is 38.3 Å². The number of hydrogen-bond donors (Lipinski definition) is 1. The fourth-order valence-electron chi connectivity index (χ4n) is 3.83. The van der Waals surface area contributed by atoms with E-state index >= 15 is 0 Å². The number of fused-ring (bicyclic) bond motifs is 5. The largest absolute Gasteiger partial charge is 0.450 e. The lowest BCUT2D eigenvalue weighted by Gasteiger charge is -2.09. The maximum absolute atomic E-state index is 11.2. The fourth-order valence-corrected chi connectivity index (χ4v) is 3.83. The first-order valence-electron chi connectivity index (χ1n) is 5.74. The van der Waals surface area contributed by atoms with E-state index in [1.165, 1.54) is 19.3 Å². The zero-order valence-electron chi connectivity index (χ0n) is 8.53. The molecule has 3 rings (SSSR count). The first kappa shape index (κ1) is 8.57. The molecule has 1 N–H and O–H groups in total. The standard InChI is InChI=1S/C11H17NO2/c1-2-14-11(13)12-10-8-6-3-4-7(5-6)9(8)10/h6-10H,2-5H2,1H3,(H,12,13). The van der Waals surface area contributed by atoms with Crippen LogP contribution in [0, 0.1) is 23.7 Å². The Kier molecular flexibility index (Phi) is 1.76. The van der Waals surface area contributed by atoms with Crippen LogP contribution >= 0.6 is 0 Å². The van der Waals surface area contributed by atoms with E-state index < -0.39 is 0 Å². The van der Waals surface area contributed by atoms with Crippen molar-refractivity contribution in [3.05, 3.63) is 0 Å². The molecular formula is C11H17NO2. The summed E-state index contributed by atoms with van der Waals surface area (Å²) >= 11 is 0. The second-order valence-electron chi connectivity index (χ2n) is 4.88. The molecule has 3 nitrogen and oxygen atoms in total. The number of carbonyl (C=O) groups excluding carboxylic acids is 1. The molecule has 0 aliphatic heterocycles. The number of rotatable bonds is 2. The van der Waals surface area contributed by atoms with Gasteiger partial charge in [-0.2, -0.15) is 0 Å². The molecule has 0 spiro atoms. The van der Waals surface area contributed by atoms with Crippen molar-refractivity contribution in [2.45, 2.75) is 32.2 Å². The molecule has 0 aromatic rings. The third-order valence-electron chi connectivity index (χ3n) is 4.30. The van der Waals surface area contributed by atoms with Crippen LogP contribution in [-0.2, 0) is 4.74 Å². The van der Waals surface area contributed by atoms with E-state index in [1.54, 1.807) is 0 Å². The summed E-state index contributed by atoms with van der Waals surface area (Å²) in [6.45, 7) is 2.32. The quantitative estimate of drug-likeness (QED) is 0.729. The summed E-state index contributed by atoms with van der Waals surface area (Å²) < 4.78 is 4.90. The van der Waals surface area contributed by atoms with E-state index in [0.717, 1.165) is 23.7 Å². The maximum Gasteiger partial charge on any atom is 0.407 e. The van der Waals surface area contributed by atoms with Gasteiger partial charge in [-0.3, -0.25) is 0 Å². The number of hydrogen-bond acceptors (Lipinski definition) is 2. The van der Waals surface area contributed by atoms with E-state index in [4.69, 9.17) is 4.74 Å². The van der Waals surface area contributed by atoms with Crippen LogP contribution in [0.3, 0.4) is 0 Å². The molecule has 4 unspecified atom stereocenters. The molecular weight excluding hydrogens is 178 g/mol. The molecule has 0 saturated heterocycles. The predicted octanol–water partition coefficient (Wildman–Crippen LogP) is 1.78. The maximum atomic E-state index is 11.2. The minimum Gasteiger partial charge on any atom is -0.450 e. The van der Waals surface area contributed by atoms with Crippen LogP contribution in [0.1, 0.15) is 26.2 Å². The molecule has 3 aliphatic carbocycles. The summed E-state index contributed by atoms with van der Waals surface area (Å²) in [4.78, 5) is 11.2. The monoisotopic (exact) mass is 195 g/mol. The number of alkyl carbamates (subject to hydrolysis) is 1. The molecule has 0 heterocycles. The lowest BCUT2D eigenvalue weighted by Crippen LogP contribution is -2.30. The molecule has 14 heavy (non-hydrogen) atoms. The molecule has 3 fully saturated rings. The molecule has 0 radical (unpaired) electrons.